The molecule has 6 nitrogen and oxygen atoms in total. The van der Waals surface area contributed by atoms with E-state index in [4.69, 9.17) is 9.47 Å². The van der Waals surface area contributed by atoms with E-state index in [1.54, 1.807) is 18.2 Å². The van der Waals surface area contributed by atoms with Crippen LogP contribution in [0.25, 0.3) is 11.3 Å². The summed E-state index contributed by atoms with van der Waals surface area (Å²) in [6.45, 7) is 0. The Kier molecular flexibility index (Phi) is 5.25. The van der Waals surface area contributed by atoms with Crippen molar-refractivity contribution in [1.29, 1.82) is 0 Å². The summed E-state index contributed by atoms with van der Waals surface area (Å²) in [4.78, 5) is 12.4. The molecule has 0 atom stereocenters. The van der Waals surface area contributed by atoms with Crippen LogP contribution in [0.2, 0.25) is 0 Å². The number of benzene rings is 2. The van der Waals surface area contributed by atoms with E-state index in [2.05, 4.69) is 15.5 Å². The second-order valence-corrected chi connectivity index (χ2v) is 5.77. The summed E-state index contributed by atoms with van der Waals surface area (Å²) in [5.41, 5.74) is 0.327. The lowest BCUT2D eigenvalue weighted by Crippen LogP contribution is -2.13. The van der Waals surface area contributed by atoms with Crippen LogP contribution in [-0.4, -0.2) is 30.3 Å². The minimum absolute atomic E-state index is 0.0259. The standard InChI is InChI=1S/C19H16F3N3O3/c1-27-13-6-7-14(17(9-13)28-2)15-10-16(25-24-15)18(26)23-12-5-3-4-11(8-12)19(20,21)22/h3-10H,1-2H3,(H,23,26)(H,24,25). The third-order valence-electron chi connectivity index (χ3n) is 3.95. The molecule has 0 saturated heterocycles. The highest BCUT2D eigenvalue weighted by Gasteiger charge is 2.30. The molecule has 9 heteroatoms. The van der Waals surface area contributed by atoms with E-state index in [1.807, 2.05) is 0 Å². The molecular weight excluding hydrogens is 375 g/mol. The monoisotopic (exact) mass is 391 g/mol. The van der Waals surface area contributed by atoms with E-state index < -0.39 is 17.6 Å². The van der Waals surface area contributed by atoms with Crippen molar-refractivity contribution in [3.8, 4) is 22.8 Å². The molecule has 3 rings (SSSR count). The summed E-state index contributed by atoms with van der Waals surface area (Å²) in [6.07, 6.45) is -4.49. The fourth-order valence-corrected chi connectivity index (χ4v) is 2.56. The molecule has 0 saturated carbocycles. The van der Waals surface area contributed by atoms with Crippen molar-refractivity contribution in [2.45, 2.75) is 6.18 Å². The zero-order valence-corrected chi connectivity index (χ0v) is 14.9. The van der Waals surface area contributed by atoms with Gasteiger partial charge < -0.3 is 14.8 Å². The van der Waals surface area contributed by atoms with Crippen LogP contribution in [0.1, 0.15) is 16.1 Å². The summed E-state index contributed by atoms with van der Waals surface area (Å²) in [5, 5.41) is 9.08. The average molecular weight is 391 g/mol. The minimum atomic E-state index is -4.49. The smallest absolute Gasteiger partial charge is 0.416 e. The molecule has 146 valence electrons. The molecule has 0 radical (unpaired) electrons. The third-order valence-corrected chi connectivity index (χ3v) is 3.95. The van der Waals surface area contributed by atoms with Crippen molar-refractivity contribution < 1.29 is 27.4 Å². The molecule has 0 fully saturated rings. The fraction of sp³-hybridized carbons (Fsp3) is 0.158. The first-order valence-corrected chi connectivity index (χ1v) is 8.08. The topological polar surface area (TPSA) is 76.2 Å². The number of hydrogen-bond acceptors (Lipinski definition) is 4. The summed E-state index contributed by atoms with van der Waals surface area (Å²) >= 11 is 0. The second-order valence-electron chi connectivity index (χ2n) is 5.77. The molecule has 0 unspecified atom stereocenters. The molecule has 1 amide bonds. The molecule has 0 aliphatic rings. The summed E-state index contributed by atoms with van der Waals surface area (Å²) in [6, 6.07) is 11.0. The molecule has 3 aromatic rings. The summed E-state index contributed by atoms with van der Waals surface area (Å²) in [5.74, 6) is 0.472. The van der Waals surface area contributed by atoms with Gasteiger partial charge in [0.2, 0.25) is 0 Å². The summed E-state index contributed by atoms with van der Waals surface area (Å²) < 4.78 is 48.8. The predicted molar refractivity (Wildman–Crippen MR) is 96.5 cm³/mol. The third kappa shape index (κ3) is 4.08. The van der Waals surface area contributed by atoms with Crippen LogP contribution < -0.4 is 14.8 Å². The Hall–Kier alpha value is -3.49. The average Bonchev–Trinajstić information content (AvgIpc) is 3.17. The highest BCUT2D eigenvalue weighted by molar-refractivity contribution is 6.03. The number of methoxy groups -OCH3 is 2. The fourth-order valence-electron chi connectivity index (χ4n) is 2.56. The Balaban J connectivity index is 1.82. The van der Waals surface area contributed by atoms with E-state index in [0.29, 0.717) is 22.8 Å². The van der Waals surface area contributed by atoms with Crippen LogP contribution in [0.15, 0.2) is 48.5 Å². The normalized spacial score (nSPS) is 11.2. The number of alkyl halides is 3. The number of nitrogens with one attached hydrogen (secondary N) is 2. The molecule has 2 N–H and O–H groups in total. The number of carbonyl (C=O) groups excluding carboxylic acids is 1. The van der Waals surface area contributed by atoms with Crippen LogP contribution >= 0.6 is 0 Å². The highest BCUT2D eigenvalue weighted by atomic mass is 19.4. The maximum absolute atomic E-state index is 12.8. The van der Waals surface area contributed by atoms with Gasteiger partial charge in [0.25, 0.3) is 5.91 Å². The van der Waals surface area contributed by atoms with Gasteiger partial charge in [0, 0.05) is 17.3 Å². The number of aromatic nitrogens is 2. The van der Waals surface area contributed by atoms with Gasteiger partial charge in [0.1, 0.15) is 17.2 Å². The van der Waals surface area contributed by atoms with Gasteiger partial charge in [-0.25, -0.2) is 0 Å². The maximum atomic E-state index is 12.8. The molecule has 1 heterocycles. The number of halogens is 3. The van der Waals surface area contributed by atoms with Crippen molar-refractivity contribution >= 4 is 11.6 Å². The molecule has 1 aromatic heterocycles. The van der Waals surface area contributed by atoms with Gasteiger partial charge in [-0.05, 0) is 36.4 Å². The lowest BCUT2D eigenvalue weighted by molar-refractivity contribution is -0.137. The molecule has 0 bridgehead atoms. The van der Waals surface area contributed by atoms with Crippen LogP contribution in [-0.2, 0) is 6.18 Å². The number of anilines is 1. The maximum Gasteiger partial charge on any atom is 0.416 e. The Morgan fingerprint density at radius 1 is 1.07 bits per heavy atom. The van der Waals surface area contributed by atoms with E-state index in [0.717, 1.165) is 12.1 Å². The van der Waals surface area contributed by atoms with Crippen LogP contribution in [0.4, 0.5) is 18.9 Å². The number of carbonyl (C=O) groups is 1. The van der Waals surface area contributed by atoms with Crippen molar-refractivity contribution in [2.75, 3.05) is 19.5 Å². The number of hydrogen-bond donors (Lipinski definition) is 2. The first-order valence-electron chi connectivity index (χ1n) is 8.08. The SMILES string of the molecule is COc1ccc(-c2cc(C(=O)Nc3cccc(C(F)(F)F)c3)[nH]n2)c(OC)c1. The zero-order valence-electron chi connectivity index (χ0n) is 14.9. The number of amides is 1. The van der Waals surface area contributed by atoms with Gasteiger partial charge in [-0.15, -0.1) is 0 Å². The first-order chi connectivity index (χ1) is 13.3. The van der Waals surface area contributed by atoms with Gasteiger partial charge in [0.15, 0.2) is 0 Å². The quantitative estimate of drug-likeness (QED) is 0.677. The Labute approximate surface area is 158 Å². The van der Waals surface area contributed by atoms with Gasteiger partial charge >= 0.3 is 6.18 Å². The molecule has 0 aliphatic heterocycles. The Bertz CT molecular complexity index is 999. The molecule has 0 spiro atoms. The molecular formula is C19H16F3N3O3. The molecule has 2 aromatic carbocycles. The van der Waals surface area contributed by atoms with Gasteiger partial charge in [0.05, 0.1) is 25.5 Å². The largest absolute Gasteiger partial charge is 0.497 e. The van der Waals surface area contributed by atoms with E-state index in [9.17, 15) is 18.0 Å². The second kappa shape index (κ2) is 7.63. The van der Waals surface area contributed by atoms with Gasteiger partial charge in [-0.3, -0.25) is 9.89 Å². The van der Waals surface area contributed by atoms with E-state index in [1.165, 1.54) is 32.4 Å². The molecule has 28 heavy (non-hydrogen) atoms. The minimum Gasteiger partial charge on any atom is -0.497 e. The number of rotatable bonds is 5. The number of ether oxygens (including phenoxy) is 2. The lowest BCUT2D eigenvalue weighted by atomic mass is 10.1. The van der Waals surface area contributed by atoms with Crippen molar-refractivity contribution in [2.24, 2.45) is 0 Å². The summed E-state index contributed by atoms with van der Waals surface area (Å²) in [7, 11) is 3.02. The Morgan fingerprint density at radius 2 is 1.86 bits per heavy atom. The number of nitrogens with zero attached hydrogens (tertiary/aromatic N) is 1. The lowest BCUT2D eigenvalue weighted by Gasteiger charge is -2.09. The van der Waals surface area contributed by atoms with Gasteiger partial charge in [-0.1, -0.05) is 6.07 Å². The highest BCUT2D eigenvalue weighted by Crippen LogP contribution is 2.33. The van der Waals surface area contributed by atoms with Gasteiger partial charge in [-0.2, -0.15) is 18.3 Å². The zero-order chi connectivity index (χ0) is 20.3. The van der Waals surface area contributed by atoms with Crippen LogP contribution in [0.3, 0.4) is 0 Å². The van der Waals surface area contributed by atoms with E-state index >= 15 is 0 Å². The van der Waals surface area contributed by atoms with Crippen molar-refractivity contribution in [3.05, 3.63) is 59.8 Å². The van der Waals surface area contributed by atoms with Crippen LogP contribution in [0, 0.1) is 0 Å². The molecule has 0 aliphatic carbocycles. The first kappa shape index (κ1) is 19.3. The van der Waals surface area contributed by atoms with E-state index in [-0.39, 0.29) is 11.4 Å². The number of aromatic amines is 1. The number of H-pyrrole nitrogens is 1. The Morgan fingerprint density at radius 3 is 2.54 bits per heavy atom. The van der Waals surface area contributed by atoms with Crippen molar-refractivity contribution in [3.63, 3.8) is 0 Å². The van der Waals surface area contributed by atoms with Crippen molar-refractivity contribution in [1.82, 2.24) is 10.2 Å². The van der Waals surface area contributed by atoms with Crippen LogP contribution in [0.5, 0.6) is 11.5 Å². The predicted octanol–water partition coefficient (Wildman–Crippen LogP) is 4.37.